The highest BCUT2D eigenvalue weighted by molar-refractivity contribution is 6.03. The molecule has 0 aromatic heterocycles. The fourth-order valence-electron chi connectivity index (χ4n) is 1.85. The van der Waals surface area contributed by atoms with Crippen molar-refractivity contribution in [3.05, 3.63) is 33.9 Å². The standard InChI is InChI=1S/C13H19NO2/c1-7-5-8(2)10(4)12(9(7)3)13(16)11(14)6-15/h5,11,15H,6,14H2,1-4H3. The van der Waals surface area contributed by atoms with Gasteiger partial charge in [0.1, 0.15) is 0 Å². The molecule has 88 valence electrons. The van der Waals surface area contributed by atoms with Crippen molar-refractivity contribution in [3.63, 3.8) is 0 Å². The largest absolute Gasteiger partial charge is 0.394 e. The fraction of sp³-hybridized carbons (Fsp3) is 0.462. The Morgan fingerprint density at radius 3 is 2.06 bits per heavy atom. The van der Waals surface area contributed by atoms with Crippen molar-refractivity contribution in [1.82, 2.24) is 0 Å². The topological polar surface area (TPSA) is 63.3 Å². The number of aliphatic hydroxyl groups excluding tert-OH is 1. The molecule has 16 heavy (non-hydrogen) atoms. The normalized spacial score (nSPS) is 12.6. The number of rotatable bonds is 3. The summed E-state index contributed by atoms with van der Waals surface area (Å²) in [6, 6.07) is 1.24. The second kappa shape index (κ2) is 4.76. The van der Waals surface area contributed by atoms with Crippen LogP contribution < -0.4 is 5.73 Å². The van der Waals surface area contributed by atoms with E-state index in [0.29, 0.717) is 5.56 Å². The monoisotopic (exact) mass is 221 g/mol. The number of carbonyl (C=O) groups excluding carboxylic acids is 1. The quantitative estimate of drug-likeness (QED) is 0.759. The summed E-state index contributed by atoms with van der Waals surface area (Å²) in [4.78, 5) is 12.0. The summed E-state index contributed by atoms with van der Waals surface area (Å²) in [5.74, 6) is -0.177. The van der Waals surface area contributed by atoms with Crippen molar-refractivity contribution in [1.29, 1.82) is 0 Å². The van der Waals surface area contributed by atoms with Gasteiger partial charge in [0, 0.05) is 5.56 Å². The molecule has 1 rings (SSSR count). The van der Waals surface area contributed by atoms with E-state index in [9.17, 15) is 4.79 Å². The molecule has 0 aliphatic heterocycles. The van der Waals surface area contributed by atoms with Crippen LogP contribution in [0.5, 0.6) is 0 Å². The van der Waals surface area contributed by atoms with E-state index in [-0.39, 0.29) is 12.4 Å². The van der Waals surface area contributed by atoms with E-state index in [1.54, 1.807) is 0 Å². The maximum atomic E-state index is 12.0. The highest BCUT2D eigenvalue weighted by Crippen LogP contribution is 2.22. The Morgan fingerprint density at radius 1 is 1.25 bits per heavy atom. The number of Topliss-reactive ketones (excluding diaryl/α,β-unsaturated/α-hetero) is 1. The van der Waals surface area contributed by atoms with Gasteiger partial charge in [-0.25, -0.2) is 0 Å². The smallest absolute Gasteiger partial charge is 0.182 e. The maximum Gasteiger partial charge on any atom is 0.182 e. The van der Waals surface area contributed by atoms with Crippen LogP contribution in [0.2, 0.25) is 0 Å². The number of carbonyl (C=O) groups is 1. The summed E-state index contributed by atoms with van der Waals surface area (Å²) in [6.07, 6.45) is 0. The molecule has 3 N–H and O–H groups in total. The van der Waals surface area contributed by atoms with Crippen LogP contribution in [0.4, 0.5) is 0 Å². The van der Waals surface area contributed by atoms with Crippen LogP contribution in [0.25, 0.3) is 0 Å². The summed E-state index contributed by atoms with van der Waals surface area (Å²) in [5.41, 5.74) is 10.3. The third-order valence-electron chi connectivity index (χ3n) is 3.15. The Bertz CT molecular complexity index is 398. The van der Waals surface area contributed by atoms with E-state index in [1.165, 1.54) is 0 Å². The first-order valence-electron chi connectivity index (χ1n) is 5.38. The van der Waals surface area contributed by atoms with E-state index < -0.39 is 6.04 Å². The van der Waals surface area contributed by atoms with Crippen molar-refractivity contribution in [2.45, 2.75) is 33.7 Å². The summed E-state index contributed by atoms with van der Waals surface area (Å²) < 4.78 is 0. The van der Waals surface area contributed by atoms with Gasteiger partial charge >= 0.3 is 0 Å². The van der Waals surface area contributed by atoms with Crippen molar-refractivity contribution in [2.75, 3.05) is 6.61 Å². The molecule has 0 bridgehead atoms. The molecule has 0 radical (unpaired) electrons. The fourth-order valence-corrected chi connectivity index (χ4v) is 1.85. The van der Waals surface area contributed by atoms with Crippen LogP contribution in [0.3, 0.4) is 0 Å². The zero-order chi connectivity index (χ0) is 12.5. The first-order valence-corrected chi connectivity index (χ1v) is 5.38. The van der Waals surface area contributed by atoms with Gasteiger partial charge < -0.3 is 10.8 Å². The summed E-state index contributed by atoms with van der Waals surface area (Å²) in [5, 5.41) is 8.94. The minimum absolute atomic E-state index is 0.177. The van der Waals surface area contributed by atoms with E-state index in [2.05, 4.69) is 6.07 Å². The van der Waals surface area contributed by atoms with Crippen LogP contribution in [-0.4, -0.2) is 23.5 Å². The van der Waals surface area contributed by atoms with Crippen LogP contribution in [0, 0.1) is 27.7 Å². The Balaban J connectivity index is 3.38. The predicted octanol–water partition coefficient (Wildman–Crippen LogP) is 1.42. The average molecular weight is 221 g/mol. The number of aryl methyl sites for hydroxylation is 2. The van der Waals surface area contributed by atoms with Gasteiger partial charge in [0.2, 0.25) is 0 Å². The SMILES string of the molecule is Cc1cc(C)c(C)c(C(=O)C(N)CO)c1C. The Labute approximate surface area is 96.3 Å². The molecule has 3 heteroatoms. The van der Waals surface area contributed by atoms with Gasteiger partial charge in [-0.1, -0.05) is 6.07 Å². The molecule has 0 spiro atoms. The van der Waals surface area contributed by atoms with E-state index in [4.69, 9.17) is 10.8 Å². The van der Waals surface area contributed by atoms with Gasteiger partial charge in [-0.3, -0.25) is 4.79 Å². The minimum Gasteiger partial charge on any atom is -0.394 e. The molecular weight excluding hydrogens is 202 g/mol. The molecule has 1 aromatic carbocycles. The third-order valence-corrected chi connectivity index (χ3v) is 3.15. The molecular formula is C13H19NO2. The first-order chi connectivity index (χ1) is 7.40. The summed E-state index contributed by atoms with van der Waals surface area (Å²) in [7, 11) is 0. The third kappa shape index (κ3) is 2.15. The number of hydrogen-bond donors (Lipinski definition) is 2. The second-order valence-electron chi connectivity index (χ2n) is 4.29. The zero-order valence-corrected chi connectivity index (χ0v) is 10.3. The summed E-state index contributed by atoms with van der Waals surface area (Å²) >= 11 is 0. The van der Waals surface area contributed by atoms with Gasteiger partial charge in [-0.2, -0.15) is 0 Å². The van der Waals surface area contributed by atoms with E-state index in [1.807, 2.05) is 27.7 Å². The lowest BCUT2D eigenvalue weighted by molar-refractivity contribution is 0.0924. The molecule has 1 unspecified atom stereocenters. The Kier molecular flexibility index (Phi) is 3.83. The minimum atomic E-state index is -0.821. The van der Waals surface area contributed by atoms with E-state index >= 15 is 0 Å². The van der Waals surface area contributed by atoms with Gasteiger partial charge in [0.25, 0.3) is 0 Å². The molecule has 1 aromatic rings. The van der Waals surface area contributed by atoms with Gasteiger partial charge in [0.15, 0.2) is 5.78 Å². The molecule has 0 saturated carbocycles. The lowest BCUT2D eigenvalue weighted by atomic mass is 9.90. The van der Waals surface area contributed by atoms with Gasteiger partial charge in [-0.05, 0) is 49.9 Å². The van der Waals surface area contributed by atoms with Crippen LogP contribution in [0.15, 0.2) is 6.07 Å². The molecule has 3 nitrogen and oxygen atoms in total. The lowest BCUT2D eigenvalue weighted by Crippen LogP contribution is -2.35. The number of aliphatic hydroxyl groups is 1. The van der Waals surface area contributed by atoms with Crippen LogP contribution in [0.1, 0.15) is 32.6 Å². The summed E-state index contributed by atoms with van der Waals surface area (Å²) in [6.45, 7) is 7.47. The van der Waals surface area contributed by atoms with Gasteiger partial charge in [0.05, 0.1) is 12.6 Å². The molecule has 0 aliphatic rings. The van der Waals surface area contributed by atoms with E-state index in [0.717, 1.165) is 22.3 Å². The zero-order valence-electron chi connectivity index (χ0n) is 10.3. The molecule has 0 fully saturated rings. The van der Waals surface area contributed by atoms with Gasteiger partial charge in [-0.15, -0.1) is 0 Å². The molecule has 1 atom stereocenters. The highest BCUT2D eigenvalue weighted by atomic mass is 16.3. The number of hydrogen-bond acceptors (Lipinski definition) is 3. The number of ketones is 1. The van der Waals surface area contributed by atoms with Crippen LogP contribution in [-0.2, 0) is 0 Å². The maximum absolute atomic E-state index is 12.0. The molecule has 0 aliphatic carbocycles. The lowest BCUT2D eigenvalue weighted by Gasteiger charge is -2.16. The number of nitrogens with two attached hydrogens (primary N) is 1. The van der Waals surface area contributed by atoms with Crippen molar-refractivity contribution in [2.24, 2.45) is 5.73 Å². The Hall–Kier alpha value is -1.19. The Morgan fingerprint density at radius 2 is 1.69 bits per heavy atom. The van der Waals surface area contributed by atoms with Crippen molar-refractivity contribution in [3.8, 4) is 0 Å². The van der Waals surface area contributed by atoms with Crippen molar-refractivity contribution >= 4 is 5.78 Å². The highest BCUT2D eigenvalue weighted by Gasteiger charge is 2.20. The molecule has 0 amide bonds. The van der Waals surface area contributed by atoms with Crippen molar-refractivity contribution < 1.29 is 9.90 Å². The number of benzene rings is 1. The van der Waals surface area contributed by atoms with Crippen LogP contribution >= 0.6 is 0 Å². The average Bonchev–Trinajstić information content (AvgIpc) is 2.25. The first kappa shape index (κ1) is 12.9. The predicted molar refractivity (Wildman–Crippen MR) is 64.8 cm³/mol. The second-order valence-corrected chi connectivity index (χ2v) is 4.29. The molecule has 0 heterocycles. The molecule has 0 saturated heterocycles.